The van der Waals surface area contributed by atoms with Gasteiger partial charge in [0.05, 0.1) is 5.60 Å². The Balaban J connectivity index is 3.82. The number of methoxy groups -OCH3 is 1. The number of hydrogen-bond acceptors (Lipinski definition) is 2. The summed E-state index contributed by atoms with van der Waals surface area (Å²) in [5.74, 6) is 0.801. The number of ether oxygens (including phenoxy) is 1. The van der Waals surface area contributed by atoms with Crippen molar-refractivity contribution < 1.29 is 4.74 Å². The molecule has 0 radical (unpaired) electrons. The van der Waals surface area contributed by atoms with Crippen LogP contribution in [0.2, 0.25) is 0 Å². The number of nitrogens with one attached hydrogen (secondary N) is 1. The molecule has 0 amide bonds. The van der Waals surface area contributed by atoms with Gasteiger partial charge in [-0.2, -0.15) is 0 Å². The second-order valence-corrected chi connectivity index (χ2v) is 6.11. The van der Waals surface area contributed by atoms with Crippen molar-refractivity contribution in [1.29, 1.82) is 0 Å². The molecule has 0 rings (SSSR count). The molecule has 0 aliphatic carbocycles. The fourth-order valence-electron chi connectivity index (χ4n) is 2.03. The Kier molecular flexibility index (Phi) is 7.25. The molecule has 16 heavy (non-hydrogen) atoms. The zero-order valence-corrected chi connectivity index (χ0v) is 12.3. The van der Waals surface area contributed by atoms with E-state index < -0.39 is 0 Å². The average Bonchev–Trinajstić information content (AvgIpc) is 2.13. The molecule has 2 atom stereocenters. The van der Waals surface area contributed by atoms with E-state index in [4.69, 9.17) is 4.74 Å². The van der Waals surface area contributed by atoms with Gasteiger partial charge in [-0.3, -0.25) is 0 Å². The third-order valence-corrected chi connectivity index (χ3v) is 3.10. The Morgan fingerprint density at radius 2 is 1.56 bits per heavy atom. The van der Waals surface area contributed by atoms with E-state index in [0.717, 1.165) is 12.3 Å². The molecule has 0 saturated heterocycles. The summed E-state index contributed by atoms with van der Waals surface area (Å²) in [6, 6.07) is 1.11. The normalized spacial score (nSPS) is 16.5. The maximum atomic E-state index is 5.45. The monoisotopic (exact) mass is 229 g/mol. The minimum Gasteiger partial charge on any atom is -0.379 e. The van der Waals surface area contributed by atoms with Crippen molar-refractivity contribution in [1.82, 2.24) is 5.32 Å². The van der Waals surface area contributed by atoms with Gasteiger partial charge in [0, 0.05) is 19.2 Å². The van der Waals surface area contributed by atoms with E-state index in [1.807, 2.05) is 0 Å². The van der Waals surface area contributed by atoms with Crippen molar-refractivity contribution in [3.63, 3.8) is 0 Å². The van der Waals surface area contributed by atoms with Gasteiger partial charge >= 0.3 is 0 Å². The predicted molar refractivity (Wildman–Crippen MR) is 71.8 cm³/mol. The second kappa shape index (κ2) is 7.29. The van der Waals surface area contributed by atoms with Crippen LogP contribution in [0.4, 0.5) is 0 Å². The first-order valence-electron chi connectivity index (χ1n) is 6.58. The van der Waals surface area contributed by atoms with E-state index in [1.165, 1.54) is 12.8 Å². The van der Waals surface area contributed by atoms with Crippen molar-refractivity contribution in [3.05, 3.63) is 0 Å². The molecule has 0 aliphatic rings. The zero-order valence-electron chi connectivity index (χ0n) is 12.3. The van der Waals surface area contributed by atoms with Crippen LogP contribution >= 0.6 is 0 Å². The van der Waals surface area contributed by atoms with Crippen LogP contribution in [0.5, 0.6) is 0 Å². The highest BCUT2D eigenvalue weighted by Crippen LogP contribution is 2.16. The molecular weight excluding hydrogens is 198 g/mol. The molecular formula is C14H31NO. The third-order valence-electron chi connectivity index (χ3n) is 3.10. The molecule has 0 heterocycles. The van der Waals surface area contributed by atoms with Crippen LogP contribution in [0.25, 0.3) is 0 Å². The standard InChI is InChI=1S/C14H31NO/c1-11(2)8-9-12(3)15-13(4)10-14(5,6)16-7/h11-13,15H,8-10H2,1-7H3. The molecule has 0 aromatic rings. The summed E-state index contributed by atoms with van der Waals surface area (Å²) in [4.78, 5) is 0. The van der Waals surface area contributed by atoms with Crippen LogP contribution in [0.1, 0.15) is 60.8 Å². The predicted octanol–water partition coefficient (Wildman–Crippen LogP) is 3.60. The Labute approximate surface area is 102 Å². The van der Waals surface area contributed by atoms with Crippen LogP contribution in [0, 0.1) is 5.92 Å². The van der Waals surface area contributed by atoms with Crippen LogP contribution in [0.15, 0.2) is 0 Å². The Morgan fingerprint density at radius 3 is 2.00 bits per heavy atom. The van der Waals surface area contributed by atoms with Gasteiger partial charge < -0.3 is 10.1 Å². The maximum absolute atomic E-state index is 5.45. The van der Waals surface area contributed by atoms with Crippen LogP contribution in [0.3, 0.4) is 0 Å². The summed E-state index contributed by atoms with van der Waals surface area (Å²) in [7, 11) is 1.79. The summed E-state index contributed by atoms with van der Waals surface area (Å²) >= 11 is 0. The van der Waals surface area contributed by atoms with Gasteiger partial charge in [-0.25, -0.2) is 0 Å². The van der Waals surface area contributed by atoms with E-state index >= 15 is 0 Å². The molecule has 0 spiro atoms. The Bertz CT molecular complexity index is 178. The molecule has 0 bridgehead atoms. The minimum absolute atomic E-state index is 0.0236. The Morgan fingerprint density at radius 1 is 1.00 bits per heavy atom. The van der Waals surface area contributed by atoms with Gasteiger partial charge in [0.15, 0.2) is 0 Å². The van der Waals surface area contributed by atoms with Gasteiger partial charge in [-0.15, -0.1) is 0 Å². The SMILES string of the molecule is COC(C)(C)CC(C)NC(C)CCC(C)C. The Hall–Kier alpha value is -0.0800. The fraction of sp³-hybridized carbons (Fsp3) is 1.00. The van der Waals surface area contributed by atoms with E-state index in [-0.39, 0.29) is 5.60 Å². The topological polar surface area (TPSA) is 21.3 Å². The third kappa shape index (κ3) is 8.12. The smallest absolute Gasteiger partial charge is 0.0637 e. The highest BCUT2D eigenvalue weighted by molar-refractivity contribution is 4.77. The zero-order chi connectivity index (χ0) is 12.8. The van der Waals surface area contributed by atoms with E-state index in [1.54, 1.807) is 7.11 Å². The van der Waals surface area contributed by atoms with Crippen LogP contribution in [-0.4, -0.2) is 24.8 Å². The van der Waals surface area contributed by atoms with Crippen LogP contribution < -0.4 is 5.32 Å². The summed E-state index contributed by atoms with van der Waals surface area (Å²) < 4.78 is 5.45. The highest BCUT2D eigenvalue weighted by Gasteiger charge is 2.20. The summed E-state index contributed by atoms with van der Waals surface area (Å²) in [6.45, 7) is 13.4. The second-order valence-electron chi connectivity index (χ2n) is 6.11. The number of rotatable bonds is 8. The van der Waals surface area contributed by atoms with Crippen molar-refractivity contribution in [2.24, 2.45) is 5.92 Å². The molecule has 98 valence electrons. The van der Waals surface area contributed by atoms with E-state index in [2.05, 4.69) is 46.9 Å². The van der Waals surface area contributed by atoms with Crippen molar-refractivity contribution in [3.8, 4) is 0 Å². The maximum Gasteiger partial charge on any atom is 0.0637 e. The lowest BCUT2D eigenvalue weighted by molar-refractivity contribution is 0.00774. The first kappa shape index (κ1) is 15.9. The average molecular weight is 229 g/mol. The molecule has 0 aromatic carbocycles. The minimum atomic E-state index is -0.0236. The fourth-order valence-corrected chi connectivity index (χ4v) is 2.03. The van der Waals surface area contributed by atoms with Crippen LogP contribution in [-0.2, 0) is 4.74 Å². The molecule has 0 aliphatic heterocycles. The summed E-state index contributed by atoms with van der Waals surface area (Å²) in [5.41, 5.74) is -0.0236. The molecule has 2 heteroatoms. The molecule has 0 fully saturated rings. The molecule has 1 N–H and O–H groups in total. The van der Waals surface area contributed by atoms with Gasteiger partial charge in [0.25, 0.3) is 0 Å². The van der Waals surface area contributed by atoms with Crippen molar-refractivity contribution in [2.75, 3.05) is 7.11 Å². The molecule has 2 unspecified atom stereocenters. The van der Waals surface area contributed by atoms with Gasteiger partial charge in [0.2, 0.25) is 0 Å². The molecule has 0 aromatic heterocycles. The van der Waals surface area contributed by atoms with Gasteiger partial charge in [-0.1, -0.05) is 13.8 Å². The molecule has 0 saturated carbocycles. The lowest BCUT2D eigenvalue weighted by atomic mass is 9.98. The van der Waals surface area contributed by atoms with E-state index in [9.17, 15) is 0 Å². The lowest BCUT2D eigenvalue weighted by Gasteiger charge is -2.29. The highest BCUT2D eigenvalue weighted by atomic mass is 16.5. The largest absolute Gasteiger partial charge is 0.379 e. The quantitative estimate of drug-likeness (QED) is 0.686. The van der Waals surface area contributed by atoms with E-state index in [0.29, 0.717) is 12.1 Å². The lowest BCUT2D eigenvalue weighted by Crippen LogP contribution is -2.40. The van der Waals surface area contributed by atoms with Crippen molar-refractivity contribution in [2.45, 2.75) is 78.5 Å². The first-order valence-corrected chi connectivity index (χ1v) is 6.58. The van der Waals surface area contributed by atoms with Gasteiger partial charge in [0.1, 0.15) is 0 Å². The summed E-state index contributed by atoms with van der Waals surface area (Å²) in [6.07, 6.45) is 3.61. The summed E-state index contributed by atoms with van der Waals surface area (Å²) in [5, 5.41) is 3.65. The van der Waals surface area contributed by atoms with Gasteiger partial charge in [-0.05, 0) is 52.9 Å². The first-order chi connectivity index (χ1) is 7.26. The van der Waals surface area contributed by atoms with Crippen molar-refractivity contribution >= 4 is 0 Å². The number of hydrogen-bond donors (Lipinski definition) is 1. The molecule has 2 nitrogen and oxygen atoms in total.